The van der Waals surface area contributed by atoms with Crippen molar-refractivity contribution in [3.05, 3.63) is 63.7 Å². The van der Waals surface area contributed by atoms with Crippen LogP contribution < -0.4 is 10.5 Å². The fourth-order valence-electron chi connectivity index (χ4n) is 3.15. The second kappa shape index (κ2) is 8.32. The van der Waals surface area contributed by atoms with Gasteiger partial charge in [-0.1, -0.05) is 23.4 Å². The zero-order valence-corrected chi connectivity index (χ0v) is 17.6. The van der Waals surface area contributed by atoms with E-state index in [0.717, 1.165) is 10.5 Å². The number of hydrogen-bond donors (Lipinski definition) is 1. The van der Waals surface area contributed by atoms with Gasteiger partial charge in [-0.05, 0) is 43.4 Å². The van der Waals surface area contributed by atoms with Crippen molar-refractivity contribution in [2.24, 2.45) is 10.7 Å². The van der Waals surface area contributed by atoms with Crippen LogP contribution in [0.25, 0.3) is 0 Å². The van der Waals surface area contributed by atoms with Gasteiger partial charge in [0.1, 0.15) is 11.5 Å². The summed E-state index contributed by atoms with van der Waals surface area (Å²) >= 11 is 1.42. The molecule has 2 aromatic rings. The Bertz CT molecular complexity index is 1000. The normalized spacial score (nSPS) is 18.9. The van der Waals surface area contributed by atoms with Gasteiger partial charge in [0.2, 0.25) is 5.88 Å². The molecule has 3 rings (SSSR count). The molecule has 6 nitrogen and oxygen atoms in total. The Morgan fingerprint density at radius 3 is 2.69 bits per heavy atom. The maximum Gasteiger partial charge on any atom is 0.232 e. The van der Waals surface area contributed by atoms with E-state index < -0.39 is 5.54 Å². The van der Waals surface area contributed by atoms with Gasteiger partial charge in [-0.25, -0.2) is 14.4 Å². The standard InChI is InChI=1S/C21H23FN4O2S/c1-12(2)18-9-21(3,26-20(23)29-18)14-7-13(5-6-15(14)22)8-17(27)16-10-25-19(28-4)11-24-16/h5-7,10-11H,8-9H2,1-4H3,(H2,23,26)/t21-/m0/s1. The lowest BCUT2D eigenvalue weighted by Crippen LogP contribution is -2.29. The molecule has 1 aliphatic rings. The molecule has 1 aromatic heterocycles. The zero-order chi connectivity index (χ0) is 21.2. The molecule has 29 heavy (non-hydrogen) atoms. The quantitative estimate of drug-likeness (QED) is 0.744. The minimum absolute atomic E-state index is 0.0772. The number of thioether (sulfide) groups is 1. The van der Waals surface area contributed by atoms with Gasteiger partial charge in [-0.15, -0.1) is 0 Å². The van der Waals surface area contributed by atoms with Crippen molar-refractivity contribution < 1.29 is 13.9 Å². The summed E-state index contributed by atoms with van der Waals surface area (Å²) in [7, 11) is 1.48. The highest BCUT2D eigenvalue weighted by atomic mass is 32.2. The van der Waals surface area contributed by atoms with Crippen LogP contribution >= 0.6 is 11.8 Å². The topological polar surface area (TPSA) is 90.5 Å². The molecule has 8 heteroatoms. The van der Waals surface area contributed by atoms with E-state index in [1.54, 1.807) is 12.1 Å². The van der Waals surface area contributed by atoms with Gasteiger partial charge in [0.15, 0.2) is 11.0 Å². The number of aromatic nitrogens is 2. The lowest BCUT2D eigenvalue weighted by Gasteiger charge is -2.32. The number of methoxy groups -OCH3 is 1. The number of carbonyl (C=O) groups excluding carboxylic acids is 1. The van der Waals surface area contributed by atoms with E-state index in [4.69, 9.17) is 10.5 Å². The Hall–Kier alpha value is -2.74. The predicted octanol–water partition coefficient (Wildman–Crippen LogP) is 4.01. The van der Waals surface area contributed by atoms with Gasteiger partial charge >= 0.3 is 0 Å². The molecular weight excluding hydrogens is 391 g/mol. The Morgan fingerprint density at radius 1 is 1.31 bits per heavy atom. The molecule has 1 aliphatic heterocycles. The predicted molar refractivity (Wildman–Crippen MR) is 113 cm³/mol. The van der Waals surface area contributed by atoms with E-state index >= 15 is 0 Å². The second-order valence-electron chi connectivity index (χ2n) is 7.28. The molecular formula is C21H23FN4O2S. The molecule has 0 spiro atoms. The third-order valence-corrected chi connectivity index (χ3v) is 5.85. The molecule has 0 aliphatic carbocycles. The highest BCUT2D eigenvalue weighted by Gasteiger charge is 2.35. The first-order valence-electron chi connectivity index (χ1n) is 9.09. The summed E-state index contributed by atoms with van der Waals surface area (Å²) in [6, 6.07) is 4.67. The van der Waals surface area contributed by atoms with Gasteiger partial charge in [0, 0.05) is 18.4 Å². The summed E-state index contributed by atoms with van der Waals surface area (Å²) in [5.74, 6) is -0.251. The molecule has 0 unspecified atom stereocenters. The molecule has 0 radical (unpaired) electrons. The number of rotatable bonds is 5. The van der Waals surface area contributed by atoms with Crippen molar-refractivity contribution in [2.75, 3.05) is 7.11 Å². The van der Waals surface area contributed by atoms with Crippen molar-refractivity contribution in [2.45, 2.75) is 39.2 Å². The van der Waals surface area contributed by atoms with E-state index in [-0.39, 0.29) is 23.7 Å². The summed E-state index contributed by atoms with van der Waals surface area (Å²) in [6.07, 6.45) is 3.40. The van der Waals surface area contributed by atoms with E-state index in [0.29, 0.717) is 28.6 Å². The van der Waals surface area contributed by atoms with Gasteiger partial charge in [-0.2, -0.15) is 0 Å². The number of aliphatic imine (C=N–C) groups is 1. The van der Waals surface area contributed by atoms with Crippen molar-refractivity contribution in [3.63, 3.8) is 0 Å². The first-order valence-corrected chi connectivity index (χ1v) is 9.91. The van der Waals surface area contributed by atoms with Gasteiger partial charge in [-0.3, -0.25) is 9.79 Å². The number of ketones is 1. The zero-order valence-electron chi connectivity index (χ0n) is 16.8. The molecule has 152 valence electrons. The first-order chi connectivity index (χ1) is 13.7. The fourth-order valence-corrected chi connectivity index (χ4v) is 4.21. The van der Waals surface area contributed by atoms with E-state index in [1.807, 2.05) is 20.8 Å². The van der Waals surface area contributed by atoms with Crippen molar-refractivity contribution in [1.82, 2.24) is 9.97 Å². The Balaban J connectivity index is 1.90. The van der Waals surface area contributed by atoms with Crippen LogP contribution in [0.4, 0.5) is 4.39 Å². The molecule has 0 saturated heterocycles. The van der Waals surface area contributed by atoms with Gasteiger partial charge in [0.05, 0.1) is 25.0 Å². The van der Waals surface area contributed by atoms with Crippen molar-refractivity contribution in [1.29, 1.82) is 0 Å². The number of carbonyl (C=O) groups is 1. The Kier molecular flexibility index (Phi) is 6.02. The minimum Gasteiger partial charge on any atom is -0.480 e. The smallest absolute Gasteiger partial charge is 0.232 e. The number of allylic oxidation sites excluding steroid dienone is 1. The van der Waals surface area contributed by atoms with Crippen LogP contribution in [0.5, 0.6) is 5.88 Å². The monoisotopic (exact) mass is 414 g/mol. The maximum atomic E-state index is 14.7. The average molecular weight is 415 g/mol. The highest BCUT2D eigenvalue weighted by Crippen LogP contribution is 2.43. The number of Topliss-reactive ketones (excluding diaryl/α,β-unsaturated/α-hetero) is 1. The molecule has 2 N–H and O–H groups in total. The molecule has 0 saturated carbocycles. The number of amidine groups is 1. The van der Waals surface area contributed by atoms with E-state index in [9.17, 15) is 9.18 Å². The third-order valence-electron chi connectivity index (χ3n) is 4.75. The maximum absolute atomic E-state index is 14.7. The van der Waals surface area contributed by atoms with E-state index in [2.05, 4.69) is 15.0 Å². The Labute approximate surface area is 173 Å². The largest absolute Gasteiger partial charge is 0.480 e. The summed E-state index contributed by atoms with van der Waals surface area (Å²) < 4.78 is 19.7. The summed E-state index contributed by atoms with van der Waals surface area (Å²) in [6.45, 7) is 5.87. The number of benzene rings is 1. The van der Waals surface area contributed by atoms with Crippen molar-refractivity contribution >= 4 is 22.7 Å². The van der Waals surface area contributed by atoms with E-state index in [1.165, 1.54) is 37.3 Å². The summed E-state index contributed by atoms with van der Waals surface area (Å²) in [4.78, 5) is 26.3. The van der Waals surface area contributed by atoms with Crippen LogP contribution in [0.1, 0.15) is 48.8 Å². The summed E-state index contributed by atoms with van der Waals surface area (Å²) in [5, 5.41) is 0.407. The molecule has 0 fully saturated rings. The summed E-state index contributed by atoms with van der Waals surface area (Å²) in [5.41, 5.74) is 7.65. The molecule has 0 amide bonds. The average Bonchev–Trinajstić information content (AvgIpc) is 2.68. The number of ether oxygens (including phenoxy) is 1. The highest BCUT2D eigenvalue weighted by molar-refractivity contribution is 8.17. The lowest BCUT2D eigenvalue weighted by molar-refractivity contribution is 0.0987. The van der Waals surface area contributed by atoms with Crippen LogP contribution in [0, 0.1) is 5.82 Å². The first kappa shape index (κ1) is 21.0. The molecule has 0 bridgehead atoms. The Morgan fingerprint density at radius 2 is 2.07 bits per heavy atom. The number of halogens is 1. The molecule has 2 heterocycles. The minimum atomic E-state index is -0.828. The number of nitrogens with zero attached hydrogens (tertiary/aromatic N) is 3. The number of hydrogen-bond acceptors (Lipinski definition) is 7. The van der Waals surface area contributed by atoms with Crippen LogP contribution in [0.15, 0.2) is 46.1 Å². The third kappa shape index (κ3) is 4.64. The van der Waals surface area contributed by atoms with Gasteiger partial charge in [0.25, 0.3) is 0 Å². The van der Waals surface area contributed by atoms with Gasteiger partial charge < -0.3 is 10.5 Å². The fraction of sp³-hybridized carbons (Fsp3) is 0.333. The van der Waals surface area contributed by atoms with Crippen LogP contribution in [0.2, 0.25) is 0 Å². The molecule has 1 atom stereocenters. The second-order valence-corrected chi connectivity index (χ2v) is 8.40. The van der Waals surface area contributed by atoms with Crippen molar-refractivity contribution in [3.8, 4) is 5.88 Å². The number of nitrogens with two attached hydrogens (primary N) is 1. The van der Waals surface area contributed by atoms with Crippen LogP contribution in [-0.2, 0) is 12.0 Å². The van der Waals surface area contributed by atoms with Crippen LogP contribution in [-0.4, -0.2) is 28.0 Å². The van der Waals surface area contributed by atoms with Crippen LogP contribution in [0.3, 0.4) is 0 Å². The molecule has 1 aromatic carbocycles. The SMILES string of the molecule is COc1cnc(C(=O)Cc2ccc(F)c([C@]3(C)CC(=C(C)C)SC(N)=N3)c2)cn1. The lowest BCUT2D eigenvalue weighted by atomic mass is 9.86.